The summed E-state index contributed by atoms with van der Waals surface area (Å²) in [5, 5.41) is 0. The van der Waals surface area contributed by atoms with Gasteiger partial charge in [0.25, 0.3) is 0 Å². The minimum Gasteiger partial charge on any atom is -0.591 e. The fourth-order valence-corrected chi connectivity index (χ4v) is 1.94. The van der Waals surface area contributed by atoms with Crippen LogP contribution in [0, 0.1) is 0 Å². The summed E-state index contributed by atoms with van der Waals surface area (Å²) in [6.45, 7) is 10.1. The lowest BCUT2D eigenvalue weighted by Crippen LogP contribution is -2.25. The monoisotopic (exact) mass is 251 g/mol. The maximum absolute atomic E-state index is 11.8. The van der Waals surface area contributed by atoms with Gasteiger partial charge in [0.05, 0.1) is 6.21 Å². The van der Waals surface area contributed by atoms with Crippen LogP contribution in [0.5, 0.6) is 0 Å². The van der Waals surface area contributed by atoms with E-state index in [1.165, 1.54) is 5.56 Å². The Morgan fingerprint density at radius 1 is 1.24 bits per heavy atom. The number of hydrogen-bond donors (Lipinski definition) is 0. The Morgan fingerprint density at radius 3 is 2.35 bits per heavy atom. The lowest BCUT2D eigenvalue weighted by atomic mass is 9.98. The Balaban J connectivity index is 2.92. The predicted molar refractivity (Wildman–Crippen MR) is 76.0 cm³/mol. The molecule has 1 rings (SSSR count). The lowest BCUT2D eigenvalue weighted by Gasteiger charge is -2.18. The first kappa shape index (κ1) is 14.3. The molecule has 0 aliphatic rings. The van der Waals surface area contributed by atoms with Crippen molar-refractivity contribution in [2.75, 3.05) is 0 Å². The summed E-state index contributed by atoms with van der Waals surface area (Å²) in [6.07, 6.45) is 1.73. The molecule has 0 fully saturated rings. The van der Waals surface area contributed by atoms with Gasteiger partial charge >= 0.3 is 0 Å². The smallest absolute Gasteiger partial charge is 0.144 e. The standard InChI is InChI=1S/C14H21NOS/c1-11(2)13-9-7-6-8-12(13)10-15-17(16)14(3,4)5/h6-11H,1-5H3. The molecular weight excluding hydrogens is 230 g/mol. The summed E-state index contributed by atoms with van der Waals surface area (Å²) in [7, 11) is 0. The Morgan fingerprint density at radius 2 is 1.82 bits per heavy atom. The van der Waals surface area contributed by atoms with E-state index in [0.29, 0.717) is 5.92 Å². The first-order valence-corrected chi connectivity index (χ1v) is 6.98. The summed E-state index contributed by atoms with van der Waals surface area (Å²) in [6, 6.07) is 8.10. The van der Waals surface area contributed by atoms with Crippen LogP contribution in [0.2, 0.25) is 0 Å². The summed E-state index contributed by atoms with van der Waals surface area (Å²) in [5.74, 6) is 0.445. The molecule has 0 saturated carbocycles. The normalized spacial score (nSPS) is 14.5. The van der Waals surface area contributed by atoms with Crippen molar-refractivity contribution >= 4 is 17.6 Å². The van der Waals surface area contributed by atoms with Crippen LogP contribution in [0.25, 0.3) is 0 Å². The fraction of sp³-hybridized carbons (Fsp3) is 0.500. The number of hydrogen-bond acceptors (Lipinski definition) is 2. The second-order valence-corrected chi connectivity index (χ2v) is 7.31. The molecule has 0 heterocycles. The maximum atomic E-state index is 11.8. The quantitative estimate of drug-likeness (QED) is 0.596. The number of rotatable bonds is 3. The minimum absolute atomic E-state index is 0.302. The summed E-state index contributed by atoms with van der Waals surface area (Å²) >= 11 is -1.19. The van der Waals surface area contributed by atoms with Crippen molar-refractivity contribution in [2.45, 2.75) is 45.3 Å². The summed E-state index contributed by atoms with van der Waals surface area (Å²) in [5.41, 5.74) is 2.29. The molecule has 1 aromatic rings. The zero-order valence-corrected chi connectivity index (χ0v) is 12.0. The first-order chi connectivity index (χ1) is 7.82. The van der Waals surface area contributed by atoms with Crippen LogP contribution < -0.4 is 0 Å². The van der Waals surface area contributed by atoms with E-state index in [9.17, 15) is 4.55 Å². The Labute approximate surface area is 107 Å². The van der Waals surface area contributed by atoms with Gasteiger partial charge < -0.3 is 4.55 Å². The van der Waals surface area contributed by atoms with E-state index in [1.54, 1.807) is 6.21 Å². The maximum Gasteiger partial charge on any atom is 0.144 e. The Kier molecular flexibility index (Phi) is 4.78. The highest BCUT2D eigenvalue weighted by molar-refractivity contribution is 7.91. The topological polar surface area (TPSA) is 35.4 Å². The van der Waals surface area contributed by atoms with Crippen LogP contribution in [0.1, 0.15) is 51.7 Å². The van der Waals surface area contributed by atoms with Crippen LogP contribution >= 0.6 is 0 Å². The molecule has 0 N–H and O–H groups in total. The van der Waals surface area contributed by atoms with Crippen LogP contribution in [0.4, 0.5) is 0 Å². The molecule has 0 radical (unpaired) electrons. The van der Waals surface area contributed by atoms with Crippen molar-refractivity contribution in [3.05, 3.63) is 35.4 Å². The molecule has 0 bridgehead atoms. The highest BCUT2D eigenvalue weighted by atomic mass is 32.2. The molecule has 0 spiro atoms. The largest absolute Gasteiger partial charge is 0.591 e. The molecule has 2 nitrogen and oxygen atoms in total. The molecule has 0 aromatic heterocycles. The van der Waals surface area contributed by atoms with Crippen molar-refractivity contribution in [1.29, 1.82) is 0 Å². The fourth-order valence-electron chi connectivity index (χ4n) is 1.42. The second kappa shape index (κ2) is 5.69. The van der Waals surface area contributed by atoms with Crippen LogP contribution in [-0.2, 0) is 11.4 Å². The van der Waals surface area contributed by atoms with Gasteiger partial charge in [-0.25, -0.2) is 0 Å². The molecule has 0 saturated heterocycles. The van der Waals surface area contributed by atoms with E-state index in [1.807, 2.05) is 39.0 Å². The van der Waals surface area contributed by atoms with Crippen LogP contribution in [0.3, 0.4) is 0 Å². The second-order valence-electron chi connectivity index (χ2n) is 5.38. The van der Waals surface area contributed by atoms with Gasteiger partial charge in [0, 0.05) is 5.56 Å². The molecule has 0 aliphatic heterocycles. The Bertz CT molecular complexity index is 393. The predicted octanol–water partition coefficient (Wildman–Crippen LogP) is 3.69. The van der Waals surface area contributed by atoms with Crippen molar-refractivity contribution in [2.24, 2.45) is 4.40 Å². The van der Waals surface area contributed by atoms with Crippen LogP contribution in [-0.4, -0.2) is 15.5 Å². The molecule has 1 unspecified atom stereocenters. The van der Waals surface area contributed by atoms with Crippen LogP contribution in [0.15, 0.2) is 28.7 Å². The minimum atomic E-state index is -1.19. The zero-order chi connectivity index (χ0) is 13.1. The molecule has 1 aromatic carbocycles. The van der Waals surface area contributed by atoms with E-state index in [4.69, 9.17) is 0 Å². The van der Waals surface area contributed by atoms with Gasteiger partial charge in [-0.05, 0) is 32.3 Å². The van der Waals surface area contributed by atoms with Gasteiger partial charge in [0.1, 0.15) is 16.1 Å². The molecular formula is C14H21NOS. The first-order valence-electron chi connectivity index (χ1n) is 5.87. The average molecular weight is 251 g/mol. The highest BCUT2D eigenvalue weighted by Gasteiger charge is 2.25. The van der Waals surface area contributed by atoms with E-state index in [2.05, 4.69) is 24.3 Å². The number of nitrogens with zero attached hydrogens (tertiary/aromatic N) is 1. The van der Waals surface area contributed by atoms with E-state index in [-0.39, 0.29) is 4.75 Å². The van der Waals surface area contributed by atoms with Gasteiger partial charge in [-0.15, -0.1) is 0 Å². The highest BCUT2D eigenvalue weighted by Crippen LogP contribution is 2.20. The molecule has 94 valence electrons. The average Bonchev–Trinajstić information content (AvgIpc) is 2.24. The van der Waals surface area contributed by atoms with Crippen molar-refractivity contribution in [3.8, 4) is 0 Å². The number of benzene rings is 1. The summed E-state index contributed by atoms with van der Waals surface area (Å²) in [4.78, 5) is 0. The van der Waals surface area contributed by atoms with Gasteiger partial charge in [0.2, 0.25) is 0 Å². The third kappa shape index (κ3) is 4.17. The molecule has 3 heteroatoms. The van der Waals surface area contributed by atoms with Gasteiger partial charge in [-0.3, -0.25) is 0 Å². The summed E-state index contributed by atoms with van der Waals surface area (Å²) < 4.78 is 15.7. The van der Waals surface area contributed by atoms with Crippen molar-refractivity contribution in [3.63, 3.8) is 0 Å². The van der Waals surface area contributed by atoms with Gasteiger partial charge in [-0.1, -0.05) is 42.5 Å². The van der Waals surface area contributed by atoms with Gasteiger partial charge in [0.15, 0.2) is 0 Å². The molecule has 1 atom stereocenters. The SMILES string of the molecule is CC(C)c1ccccc1C=N[S+]([O-])C(C)(C)C. The molecule has 17 heavy (non-hydrogen) atoms. The van der Waals surface area contributed by atoms with Crippen molar-refractivity contribution in [1.82, 2.24) is 0 Å². The van der Waals surface area contributed by atoms with E-state index >= 15 is 0 Å². The zero-order valence-electron chi connectivity index (χ0n) is 11.2. The lowest BCUT2D eigenvalue weighted by molar-refractivity contribution is 0.562. The Hall–Kier alpha value is -0.800. The van der Waals surface area contributed by atoms with E-state index in [0.717, 1.165) is 5.56 Å². The molecule has 0 amide bonds. The van der Waals surface area contributed by atoms with Crippen molar-refractivity contribution < 1.29 is 4.55 Å². The molecule has 0 aliphatic carbocycles. The van der Waals surface area contributed by atoms with Gasteiger partial charge in [-0.2, -0.15) is 0 Å². The third-order valence-corrected chi connectivity index (χ3v) is 3.77. The third-order valence-electron chi connectivity index (χ3n) is 2.43. The van der Waals surface area contributed by atoms with E-state index < -0.39 is 11.4 Å².